The smallest absolute Gasteiger partial charge is 0.328 e. The van der Waals surface area contributed by atoms with Crippen LogP contribution in [0.5, 0.6) is 5.75 Å². The molecule has 268 valence electrons. The molecule has 1 saturated heterocycles. The molecule has 0 spiro atoms. The van der Waals surface area contributed by atoms with Crippen LogP contribution in [0.15, 0.2) is 61.0 Å². The summed E-state index contributed by atoms with van der Waals surface area (Å²) >= 11 is 5.92. The Morgan fingerprint density at radius 1 is 0.980 bits per heavy atom. The summed E-state index contributed by atoms with van der Waals surface area (Å²) in [6, 6.07) is 7.91. The van der Waals surface area contributed by atoms with Crippen molar-refractivity contribution < 1.29 is 58.3 Å². The number of carbonyl (C=O) groups excluding carboxylic acids is 1. The van der Waals surface area contributed by atoms with Crippen LogP contribution in [0.3, 0.4) is 0 Å². The first-order chi connectivity index (χ1) is 23.6. The van der Waals surface area contributed by atoms with Gasteiger partial charge in [-0.25, -0.2) is 33.5 Å². The molecule has 1 aromatic heterocycles. The summed E-state index contributed by atoms with van der Waals surface area (Å²) in [5.41, 5.74) is 1.73. The largest absolute Gasteiger partial charge is 0.486 e. The lowest BCUT2D eigenvalue weighted by Gasteiger charge is -2.18. The van der Waals surface area contributed by atoms with E-state index in [4.69, 9.17) is 41.5 Å². The molecule has 1 fully saturated rings. The van der Waals surface area contributed by atoms with E-state index in [9.17, 15) is 28.4 Å². The molecule has 1 aliphatic rings. The van der Waals surface area contributed by atoms with Crippen molar-refractivity contribution in [2.24, 2.45) is 0 Å². The summed E-state index contributed by atoms with van der Waals surface area (Å²) in [5, 5.41) is 38.1. The van der Waals surface area contributed by atoms with E-state index in [0.717, 1.165) is 19.4 Å². The molecule has 4 rings (SSSR count). The fourth-order valence-corrected chi connectivity index (χ4v) is 4.11. The van der Waals surface area contributed by atoms with E-state index >= 15 is 0 Å². The van der Waals surface area contributed by atoms with Crippen LogP contribution in [0.25, 0.3) is 10.9 Å². The highest BCUT2D eigenvalue weighted by atomic mass is 35.5. The normalized spacial score (nSPS) is 13.7. The van der Waals surface area contributed by atoms with Gasteiger partial charge in [0.05, 0.1) is 29.4 Å². The zero-order valence-corrected chi connectivity index (χ0v) is 27.6. The highest BCUT2D eigenvalue weighted by molar-refractivity contribution is 6.31. The maximum atomic E-state index is 13.6. The highest BCUT2D eigenvalue weighted by Crippen LogP contribution is 2.35. The third kappa shape index (κ3) is 15.5. The molecule has 2 aromatic carbocycles. The number of fused-ring (bicyclic) bond motifs is 1. The van der Waals surface area contributed by atoms with Crippen LogP contribution >= 0.6 is 11.6 Å². The van der Waals surface area contributed by atoms with E-state index in [2.05, 4.69) is 20.6 Å². The van der Waals surface area contributed by atoms with Crippen LogP contribution in [0.1, 0.15) is 19.3 Å². The minimum Gasteiger partial charge on any atom is -0.486 e. The van der Waals surface area contributed by atoms with Crippen LogP contribution in [0.4, 0.5) is 21.6 Å². The second-order valence-corrected chi connectivity index (χ2v) is 10.8. The SMILES string of the molecule is CN(C)CCCC(=O)Nc1cc2c(Nc3ccc(F)c(Cl)c3)ncnc2cc1OC1CCOC1.O=C(O)C=CC(=O)O.O=C(O)C=CC(=O)O. The van der Waals surface area contributed by atoms with E-state index in [1.54, 1.807) is 18.2 Å². The average molecular weight is 720 g/mol. The number of carboxylic acids is 4. The summed E-state index contributed by atoms with van der Waals surface area (Å²) in [6.07, 6.45) is 5.46. The lowest BCUT2D eigenvalue weighted by Crippen LogP contribution is -2.19. The molecule has 6 N–H and O–H groups in total. The predicted molar refractivity (Wildman–Crippen MR) is 179 cm³/mol. The first-order valence-electron chi connectivity index (χ1n) is 14.6. The lowest BCUT2D eigenvalue weighted by molar-refractivity contribution is -0.134. The molecule has 16 nitrogen and oxygen atoms in total. The van der Waals surface area contributed by atoms with Gasteiger partial charge in [-0.3, -0.25) is 4.79 Å². The molecule has 0 saturated carbocycles. The molecule has 0 radical (unpaired) electrons. The van der Waals surface area contributed by atoms with E-state index in [1.807, 2.05) is 19.0 Å². The third-order valence-electron chi connectivity index (χ3n) is 6.12. The second kappa shape index (κ2) is 20.7. The van der Waals surface area contributed by atoms with Gasteiger partial charge >= 0.3 is 23.9 Å². The van der Waals surface area contributed by atoms with Gasteiger partial charge in [0.1, 0.15) is 29.8 Å². The summed E-state index contributed by atoms with van der Waals surface area (Å²) in [7, 11) is 3.94. The van der Waals surface area contributed by atoms with Crippen LogP contribution in [0.2, 0.25) is 5.02 Å². The number of aromatic nitrogens is 2. The number of nitrogens with zero attached hydrogens (tertiary/aromatic N) is 3. The van der Waals surface area contributed by atoms with Gasteiger partial charge in [-0.2, -0.15) is 0 Å². The van der Waals surface area contributed by atoms with E-state index in [1.165, 1.54) is 18.5 Å². The summed E-state index contributed by atoms with van der Waals surface area (Å²) in [6.45, 7) is 1.95. The Balaban J connectivity index is 0.000000450. The fourth-order valence-electron chi connectivity index (χ4n) is 3.93. The minimum atomic E-state index is -1.26. The number of carboxylic acid groups (broad SMARTS) is 4. The molecule has 0 bridgehead atoms. The van der Waals surface area contributed by atoms with E-state index in [0.29, 0.717) is 77.8 Å². The Kier molecular flexibility index (Phi) is 16.7. The number of nitrogens with one attached hydrogen (secondary N) is 2. The summed E-state index contributed by atoms with van der Waals surface area (Å²) < 4.78 is 25.1. The van der Waals surface area contributed by atoms with Crippen molar-refractivity contribution in [2.75, 3.05) is 44.5 Å². The van der Waals surface area contributed by atoms with Gasteiger partial charge in [-0.15, -0.1) is 0 Å². The van der Waals surface area contributed by atoms with Gasteiger partial charge in [0.2, 0.25) is 5.91 Å². The topological polar surface area (TPSA) is 238 Å². The number of hydrogen-bond donors (Lipinski definition) is 6. The van der Waals surface area contributed by atoms with Crippen molar-refractivity contribution in [3.05, 3.63) is 71.8 Å². The molecular formula is C32H35ClFN5O11. The molecule has 1 atom stereocenters. The van der Waals surface area contributed by atoms with Crippen molar-refractivity contribution in [2.45, 2.75) is 25.4 Å². The molecule has 1 aliphatic heterocycles. The predicted octanol–water partition coefficient (Wildman–Crippen LogP) is 4.04. The van der Waals surface area contributed by atoms with Crippen molar-refractivity contribution >= 4 is 69.5 Å². The first kappa shape index (κ1) is 40.5. The van der Waals surface area contributed by atoms with Crippen LogP contribution < -0.4 is 15.4 Å². The van der Waals surface area contributed by atoms with Crippen LogP contribution in [0, 0.1) is 5.82 Å². The molecular weight excluding hydrogens is 685 g/mol. The fraction of sp³-hybridized carbons (Fsp3) is 0.281. The first-order valence-corrected chi connectivity index (χ1v) is 15.0. The standard InChI is InChI=1S/C24H27ClFN5O3.2C4H4O4/c1-31(2)8-3-4-23(32)30-21-11-17-20(12-22(21)34-16-7-9-33-13-16)27-14-28-24(17)29-15-5-6-19(26)18(25)10-15;2*5-3(6)1-2-4(7)8/h5-6,10-12,14,16H,3-4,7-9,13H2,1-2H3,(H,30,32)(H,27,28,29);2*1-2H,(H,5,6)(H,7,8). The van der Waals surface area contributed by atoms with Gasteiger partial charge in [0, 0.05) is 54.3 Å². The Morgan fingerprint density at radius 2 is 1.60 bits per heavy atom. The maximum Gasteiger partial charge on any atom is 0.328 e. The van der Waals surface area contributed by atoms with Gasteiger partial charge in [0.15, 0.2) is 0 Å². The highest BCUT2D eigenvalue weighted by Gasteiger charge is 2.21. The van der Waals surface area contributed by atoms with Crippen LogP contribution in [-0.2, 0) is 28.7 Å². The molecule has 2 heterocycles. The van der Waals surface area contributed by atoms with Crippen molar-refractivity contribution in [3.8, 4) is 5.75 Å². The van der Waals surface area contributed by atoms with Gasteiger partial charge < -0.3 is 45.4 Å². The zero-order chi connectivity index (χ0) is 37.2. The number of benzene rings is 2. The quantitative estimate of drug-likeness (QED) is 0.137. The second-order valence-electron chi connectivity index (χ2n) is 10.4. The molecule has 3 aromatic rings. The minimum absolute atomic E-state index is 0.00325. The Morgan fingerprint density at radius 3 is 2.12 bits per heavy atom. The number of rotatable bonds is 13. The van der Waals surface area contributed by atoms with E-state index in [-0.39, 0.29) is 17.0 Å². The maximum absolute atomic E-state index is 13.6. The number of carbonyl (C=O) groups is 5. The Bertz CT molecular complexity index is 1660. The van der Waals surface area contributed by atoms with Gasteiger partial charge in [-0.1, -0.05) is 11.6 Å². The Hall–Kier alpha value is -5.65. The number of amides is 1. The van der Waals surface area contributed by atoms with E-state index < -0.39 is 29.7 Å². The summed E-state index contributed by atoms with van der Waals surface area (Å²) in [4.78, 5) is 61.6. The van der Waals surface area contributed by atoms with Gasteiger partial charge in [0.25, 0.3) is 0 Å². The number of halogens is 2. The number of anilines is 3. The number of hydrogen-bond acceptors (Lipinski definition) is 11. The van der Waals surface area contributed by atoms with Gasteiger partial charge in [-0.05, 0) is 51.3 Å². The monoisotopic (exact) mass is 719 g/mol. The van der Waals surface area contributed by atoms with Crippen LogP contribution in [-0.4, -0.2) is 105 Å². The van der Waals surface area contributed by atoms with Crippen molar-refractivity contribution in [1.29, 1.82) is 0 Å². The zero-order valence-electron chi connectivity index (χ0n) is 26.8. The number of aliphatic carboxylic acids is 4. The third-order valence-corrected chi connectivity index (χ3v) is 6.41. The lowest BCUT2D eigenvalue weighted by atomic mass is 10.1. The van der Waals surface area contributed by atoms with Crippen molar-refractivity contribution in [1.82, 2.24) is 14.9 Å². The van der Waals surface area contributed by atoms with Crippen molar-refractivity contribution in [3.63, 3.8) is 0 Å². The summed E-state index contributed by atoms with van der Waals surface area (Å²) in [5.74, 6) is -4.62. The molecule has 18 heteroatoms. The average Bonchev–Trinajstić information content (AvgIpc) is 3.55. The molecule has 1 unspecified atom stereocenters. The molecule has 50 heavy (non-hydrogen) atoms. The number of ether oxygens (including phenoxy) is 2. The molecule has 1 amide bonds. The molecule has 0 aliphatic carbocycles. The Labute approximate surface area is 289 Å².